The second-order valence-corrected chi connectivity index (χ2v) is 8.57. The van der Waals surface area contributed by atoms with Crippen LogP contribution in [0.2, 0.25) is 10.0 Å². The lowest BCUT2D eigenvalue weighted by Gasteiger charge is -2.19. The number of carbonyl (C=O) groups excluding carboxylic acids is 2. The number of hydrogen-bond donors (Lipinski definition) is 5. The molecule has 3 rings (SSSR count). The van der Waals surface area contributed by atoms with Crippen LogP contribution in [0.3, 0.4) is 0 Å². The van der Waals surface area contributed by atoms with Crippen LogP contribution in [0.15, 0.2) is 53.3 Å². The van der Waals surface area contributed by atoms with Gasteiger partial charge in [0, 0.05) is 10.0 Å². The summed E-state index contributed by atoms with van der Waals surface area (Å²) in [6, 6.07) is 12.3. The van der Waals surface area contributed by atoms with E-state index in [1.54, 1.807) is 55.5 Å². The monoisotopic (exact) mass is 533 g/mol. The highest BCUT2D eigenvalue weighted by Crippen LogP contribution is 2.30. The number of halogens is 2. The van der Waals surface area contributed by atoms with E-state index < -0.39 is 58.7 Å². The molecular weight excluding hydrogens is 513 g/mol. The fourth-order valence-corrected chi connectivity index (χ4v) is 3.73. The fourth-order valence-electron chi connectivity index (χ4n) is 3.40. The zero-order chi connectivity index (χ0) is 26.6. The van der Waals surface area contributed by atoms with Crippen LogP contribution in [0.25, 0.3) is 0 Å². The number of nitrogens with one attached hydrogen (secondary N) is 2. The number of carbonyl (C=O) groups is 3. The molecule has 0 saturated carbocycles. The van der Waals surface area contributed by atoms with Crippen molar-refractivity contribution < 1.29 is 29.7 Å². The molecule has 0 aliphatic carbocycles. The summed E-state index contributed by atoms with van der Waals surface area (Å²) in [5.74, 6) is -5.64. The molecule has 1 unspecified atom stereocenters. The molecule has 1 atom stereocenters. The smallest absolute Gasteiger partial charge is 0.322 e. The van der Waals surface area contributed by atoms with E-state index in [0.29, 0.717) is 20.7 Å². The van der Waals surface area contributed by atoms with E-state index in [4.69, 9.17) is 28.3 Å². The van der Waals surface area contributed by atoms with Gasteiger partial charge in [0.1, 0.15) is 17.7 Å². The summed E-state index contributed by atoms with van der Waals surface area (Å²) in [4.78, 5) is 49.7. The number of carboxylic acid groups (broad SMARTS) is 1. The first kappa shape index (κ1) is 26.6. The number of benzene rings is 2. The van der Waals surface area contributed by atoms with Gasteiger partial charge >= 0.3 is 5.97 Å². The Morgan fingerprint density at radius 1 is 0.972 bits per heavy atom. The third kappa shape index (κ3) is 5.78. The molecule has 0 radical (unpaired) electrons. The summed E-state index contributed by atoms with van der Waals surface area (Å²) >= 11 is 12.1. The molecule has 2 amide bonds. The second kappa shape index (κ2) is 11.1. The quantitative estimate of drug-likeness (QED) is 0.297. The van der Waals surface area contributed by atoms with E-state index in [2.05, 4.69) is 5.32 Å². The Bertz CT molecular complexity index is 1390. The van der Waals surface area contributed by atoms with Crippen LogP contribution in [0.5, 0.6) is 11.6 Å². The van der Waals surface area contributed by atoms with Crippen molar-refractivity contribution in [3.63, 3.8) is 0 Å². The van der Waals surface area contributed by atoms with Gasteiger partial charge in [-0.15, -0.1) is 0 Å². The lowest BCUT2D eigenvalue weighted by molar-refractivity contribution is -0.135. The van der Waals surface area contributed by atoms with E-state index in [1.807, 2.05) is 5.32 Å². The Hall–Kier alpha value is -4.02. The Balaban J connectivity index is 2.11. The molecule has 188 valence electrons. The number of nitrogens with zero attached hydrogens (tertiary/aromatic N) is 1. The van der Waals surface area contributed by atoms with Gasteiger partial charge in [-0.1, -0.05) is 53.5 Å². The minimum Gasteiger partial charge on any atom is -0.506 e. The van der Waals surface area contributed by atoms with Crippen LogP contribution in [0.4, 0.5) is 0 Å². The molecule has 36 heavy (non-hydrogen) atoms. The zero-order valence-electron chi connectivity index (χ0n) is 18.8. The first-order valence-electron chi connectivity index (χ1n) is 10.5. The molecule has 2 aromatic carbocycles. The van der Waals surface area contributed by atoms with Crippen molar-refractivity contribution in [1.29, 1.82) is 0 Å². The first-order valence-corrected chi connectivity index (χ1v) is 11.2. The fraction of sp³-hybridized carbons (Fsp3) is 0.167. The van der Waals surface area contributed by atoms with E-state index in [1.165, 1.54) is 0 Å². The van der Waals surface area contributed by atoms with Crippen molar-refractivity contribution in [1.82, 2.24) is 15.2 Å². The molecule has 1 aromatic heterocycles. The van der Waals surface area contributed by atoms with Crippen LogP contribution in [-0.4, -0.2) is 44.2 Å². The van der Waals surface area contributed by atoms with E-state index in [-0.39, 0.29) is 11.6 Å². The minimum atomic E-state index is -1.40. The molecule has 0 aliphatic heterocycles. The number of aromatic hydroxyl groups is 2. The largest absolute Gasteiger partial charge is 0.506 e. The molecule has 0 bridgehead atoms. The molecular formula is C24H21Cl2N3O7. The van der Waals surface area contributed by atoms with Gasteiger partial charge in [0.25, 0.3) is 17.4 Å². The standard InChI is InChI=1S/C24H21Cl2N3O7/c1-12(13-6-8-15(25)9-7-13)28-22(34)19-20(32)18(21(33)27-10-17(30)31)23(35)29(24(19)36)11-14-4-2-3-5-16(14)26/h2-9,12,32,36H,10-11H2,1H3,(H,27,33)(H,28,34)(H,30,31). The molecule has 0 aliphatic rings. The van der Waals surface area contributed by atoms with Crippen LogP contribution in [0.1, 0.15) is 44.8 Å². The Morgan fingerprint density at radius 3 is 2.22 bits per heavy atom. The van der Waals surface area contributed by atoms with E-state index >= 15 is 0 Å². The number of aliphatic carboxylic acids is 1. The molecule has 0 spiro atoms. The minimum absolute atomic E-state index is 0.246. The summed E-state index contributed by atoms with van der Waals surface area (Å²) in [6.45, 7) is 0.435. The van der Waals surface area contributed by atoms with Gasteiger partial charge in [0.05, 0.1) is 12.6 Å². The second-order valence-electron chi connectivity index (χ2n) is 7.73. The molecule has 3 aromatic rings. The molecule has 5 N–H and O–H groups in total. The Kier molecular flexibility index (Phi) is 8.23. The van der Waals surface area contributed by atoms with Crippen molar-refractivity contribution in [2.24, 2.45) is 0 Å². The van der Waals surface area contributed by atoms with Gasteiger partial charge in [-0.2, -0.15) is 0 Å². The van der Waals surface area contributed by atoms with Crippen LogP contribution < -0.4 is 16.2 Å². The predicted molar refractivity (Wildman–Crippen MR) is 132 cm³/mol. The third-order valence-electron chi connectivity index (χ3n) is 5.27. The lowest BCUT2D eigenvalue weighted by atomic mass is 10.1. The van der Waals surface area contributed by atoms with Crippen molar-refractivity contribution in [3.8, 4) is 11.6 Å². The highest BCUT2D eigenvalue weighted by atomic mass is 35.5. The molecule has 12 heteroatoms. The van der Waals surface area contributed by atoms with Gasteiger partial charge in [-0.25, -0.2) is 0 Å². The predicted octanol–water partition coefficient (Wildman–Crippen LogP) is 2.92. The number of amides is 2. The highest BCUT2D eigenvalue weighted by Gasteiger charge is 2.30. The van der Waals surface area contributed by atoms with Crippen molar-refractivity contribution in [2.45, 2.75) is 19.5 Å². The van der Waals surface area contributed by atoms with Gasteiger partial charge in [0.15, 0.2) is 5.75 Å². The number of aromatic nitrogens is 1. The Labute approximate surface area is 214 Å². The first-order chi connectivity index (χ1) is 17.0. The molecule has 10 nitrogen and oxygen atoms in total. The number of hydrogen-bond acceptors (Lipinski definition) is 6. The molecule has 1 heterocycles. The summed E-state index contributed by atoms with van der Waals surface area (Å²) in [5.41, 5.74) is -1.79. The highest BCUT2D eigenvalue weighted by molar-refractivity contribution is 6.31. The van der Waals surface area contributed by atoms with Crippen LogP contribution in [0, 0.1) is 0 Å². The van der Waals surface area contributed by atoms with Crippen LogP contribution >= 0.6 is 23.2 Å². The number of carboxylic acids is 1. The average molecular weight is 534 g/mol. The lowest BCUT2D eigenvalue weighted by Crippen LogP contribution is -2.37. The van der Waals surface area contributed by atoms with Crippen LogP contribution in [-0.2, 0) is 11.3 Å². The molecule has 0 fully saturated rings. The third-order valence-corrected chi connectivity index (χ3v) is 5.89. The van der Waals surface area contributed by atoms with Gasteiger partial charge < -0.3 is 26.0 Å². The van der Waals surface area contributed by atoms with Crippen molar-refractivity contribution in [2.75, 3.05) is 6.54 Å². The van der Waals surface area contributed by atoms with Crippen molar-refractivity contribution in [3.05, 3.63) is 91.2 Å². The van der Waals surface area contributed by atoms with Gasteiger partial charge in [-0.05, 0) is 36.2 Å². The summed E-state index contributed by atoms with van der Waals surface area (Å²) < 4.78 is 0.693. The topological polar surface area (TPSA) is 158 Å². The van der Waals surface area contributed by atoms with E-state index in [0.717, 1.165) is 0 Å². The summed E-state index contributed by atoms with van der Waals surface area (Å²) in [6.07, 6.45) is 0. The summed E-state index contributed by atoms with van der Waals surface area (Å²) in [7, 11) is 0. The maximum absolute atomic E-state index is 13.1. The average Bonchev–Trinajstić information content (AvgIpc) is 2.82. The van der Waals surface area contributed by atoms with Gasteiger partial charge in [-0.3, -0.25) is 23.7 Å². The van der Waals surface area contributed by atoms with Gasteiger partial charge in [0.2, 0.25) is 5.88 Å². The van der Waals surface area contributed by atoms with Crippen molar-refractivity contribution >= 4 is 41.0 Å². The number of rotatable bonds is 8. The summed E-state index contributed by atoms with van der Waals surface area (Å²) in [5, 5.41) is 35.7. The Morgan fingerprint density at radius 2 is 1.61 bits per heavy atom. The zero-order valence-corrected chi connectivity index (χ0v) is 20.3. The number of pyridine rings is 1. The molecule has 0 saturated heterocycles. The SMILES string of the molecule is CC(NC(=O)c1c(O)c(C(=O)NCC(=O)O)c(=O)n(Cc2ccccc2Cl)c1O)c1ccc(Cl)cc1. The maximum Gasteiger partial charge on any atom is 0.322 e. The maximum atomic E-state index is 13.1. The van der Waals surface area contributed by atoms with E-state index in [9.17, 15) is 29.4 Å². The normalized spacial score (nSPS) is 11.5.